The van der Waals surface area contributed by atoms with Crippen LogP contribution in [0.5, 0.6) is 0 Å². The Labute approximate surface area is 183 Å². The van der Waals surface area contributed by atoms with E-state index in [1.807, 2.05) is 36.4 Å². The highest BCUT2D eigenvalue weighted by molar-refractivity contribution is 7.98. The lowest BCUT2D eigenvalue weighted by atomic mass is 10.1. The number of halogens is 2. The highest BCUT2D eigenvalue weighted by Gasteiger charge is 2.10. The lowest BCUT2D eigenvalue weighted by molar-refractivity contribution is -0.124. The number of benzene rings is 3. The van der Waals surface area contributed by atoms with Gasteiger partial charge in [0.05, 0.1) is 5.56 Å². The van der Waals surface area contributed by atoms with Crippen LogP contribution < -0.4 is 5.32 Å². The summed E-state index contributed by atoms with van der Waals surface area (Å²) >= 11 is 7.55. The van der Waals surface area contributed by atoms with Crippen molar-refractivity contribution in [3.8, 4) is 0 Å². The molecule has 0 aromatic heterocycles. The van der Waals surface area contributed by atoms with Gasteiger partial charge in [0.2, 0.25) is 0 Å². The molecule has 0 saturated heterocycles. The molecule has 0 heterocycles. The molecule has 0 aliphatic heterocycles. The number of amides is 1. The van der Waals surface area contributed by atoms with Gasteiger partial charge in [-0.05, 0) is 59.7 Å². The third-order valence-corrected chi connectivity index (χ3v) is 5.48. The predicted octanol–water partition coefficient (Wildman–Crippen LogP) is 5.24. The van der Waals surface area contributed by atoms with E-state index in [2.05, 4.69) is 5.32 Å². The molecule has 7 heteroatoms. The van der Waals surface area contributed by atoms with E-state index in [9.17, 15) is 14.0 Å². The lowest BCUT2D eigenvalue weighted by Crippen LogP contribution is -2.28. The molecule has 0 unspecified atom stereocenters. The van der Waals surface area contributed by atoms with Gasteiger partial charge in [-0.2, -0.15) is 0 Å². The minimum absolute atomic E-state index is 0.233. The fourth-order valence-electron chi connectivity index (χ4n) is 2.50. The summed E-state index contributed by atoms with van der Waals surface area (Å²) in [6.45, 7) is -0.148. The summed E-state index contributed by atoms with van der Waals surface area (Å²) in [6, 6.07) is 20.5. The first-order valence-electron chi connectivity index (χ1n) is 9.15. The Kier molecular flexibility index (Phi) is 7.88. The van der Waals surface area contributed by atoms with E-state index in [0.717, 1.165) is 21.8 Å². The molecule has 0 aliphatic rings. The molecule has 3 aromatic carbocycles. The van der Waals surface area contributed by atoms with Gasteiger partial charge in [0.1, 0.15) is 5.82 Å². The summed E-state index contributed by atoms with van der Waals surface area (Å²) in [4.78, 5) is 25.1. The van der Waals surface area contributed by atoms with E-state index in [4.69, 9.17) is 16.3 Å². The Bertz CT molecular complexity index is 992. The van der Waals surface area contributed by atoms with Crippen molar-refractivity contribution >= 4 is 35.2 Å². The Hall–Kier alpha value is -2.83. The van der Waals surface area contributed by atoms with E-state index in [0.29, 0.717) is 10.6 Å². The Balaban J connectivity index is 1.41. The van der Waals surface area contributed by atoms with E-state index >= 15 is 0 Å². The smallest absolute Gasteiger partial charge is 0.338 e. The normalized spacial score (nSPS) is 10.5. The third-order valence-electron chi connectivity index (χ3n) is 4.15. The van der Waals surface area contributed by atoms with Gasteiger partial charge in [0.15, 0.2) is 6.61 Å². The fraction of sp³-hybridized carbons (Fsp3) is 0.130. The van der Waals surface area contributed by atoms with Gasteiger partial charge < -0.3 is 10.1 Å². The number of esters is 1. The molecule has 0 saturated carbocycles. The quantitative estimate of drug-likeness (QED) is 0.382. The van der Waals surface area contributed by atoms with E-state index in [1.165, 1.54) is 12.1 Å². The van der Waals surface area contributed by atoms with Gasteiger partial charge >= 0.3 is 5.97 Å². The number of hydrogen-bond donors (Lipinski definition) is 1. The van der Waals surface area contributed by atoms with Gasteiger partial charge in [0, 0.05) is 22.2 Å². The van der Waals surface area contributed by atoms with Gasteiger partial charge in [-0.3, -0.25) is 4.79 Å². The van der Waals surface area contributed by atoms with Crippen molar-refractivity contribution in [1.82, 2.24) is 5.32 Å². The molecular weight excluding hydrogens is 425 g/mol. The minimum Gasteiger partial charge on any atom is -0.452 e. The van der Waals surface area contributed by atoms with Crippen molar-refractivity contribution in [1.29, 1.82) is 0 Å². The molecule has 30 heavy (non-hydrogen) atoms. The number of carbonyl (C=O) groups excluding carboxylic acids is 2. The second-order valence-corrected chi connectivity index (χ2v) is 7.90. The van der Waals surface area contributed by atoms with E-state index < -0.39 is 11.9 Å². The molecule has 3 rings (SSSR count). The van der Waals surface area contributed by atoms with Crippen LogP contribution in [0.4, 0.5) is 4.39 Å². The first kappa shape index (κ1) is 21.9. The molecule has 0 atom stereocenters. The second kappa shape index (κ2) is 10.8. The molecule has 154 valence electrons. The summed E-state index contributed by atoms with van der Waals surface area (Å²) in [5, 5.41) is 3.32. The Morgan fingerprint density at radius 1 is 0.900 bits per heavy atom. The van der Waals surface area contributed by atoms with Crippen molar-refractivity contribution in [2.75, 3.05) is 6.61 Å². The first-order chi connectivity index (χ1) is 14.5. The monoisotopic (exact) mass is 443 g/mol. The Morgan fingerprint density at radius 3 is 2.20 bits per heavy atom. The highest BCUT2D eigenvalue weighted by Crippen LogP contribution is 2.24. The molecule has 0 spiro atoms. The van der Waals surface area contributed by atoms with Crippen LogP contribution in [0, 0.1) is 5.82 Å². The summed E-state index contributed by atoms with van der Waals surface area (Å²) in [5.41, 5.74) is 2.19. The second-order valence-electron chi connectivity index (χ2n) is 6.42. The lowest BCUT2D eigenvalue weighted by Gasteiger charge is -2.07. The van der Waals surface area contributed by atoms with Crippen molar-refractivity contribution < 1.29 is 18.7 Å². The van der Waals surface area contributed by atoms with Gasteiger partial charge in [0.25, 0.3) is 5.91 Å². The maximum Gasteiger partial charge on any atom is 0.338 e. The zero-order valence-electron chi connectivity index (χ0n) is 15.9. The van der Waals surface area contributed by atoms with Gasteiger partial charge in [-0.1, -0.05) is 35.9 Å². The van der Waals surface area contributed by atoms with Crippen LogP contribution in [0.3, 0.4) is 0 Å². The van der Waals surface area contributed by atoms with Crippen LogP contribution in [-0.2, 0) is 21.8 Å². The summed E-state index contributed by atoms with van der Waals surface area (Å²) in [7, 11) is 0. The molecular formula is C23H19ClFNO3S. The Morgan fingerprint density at radius 2 is 1.53 bits per heavy atom. The van der Waals surface area contributed by atoms with Crippen molar-refractivity contribution in [3.63, 3.8) is 0 Å². The van der Waals surface area contributed by atoms with Gasteiger partial charge in [-0.15, -0.1) is 11.8 Å². The summed E-state index contributed by atoms with van der Waals surface area (Å²) in [6.07, 6.45) is 0. The predicted molar refractivity (Wildman–Crippen MR) is 116 cm³/mol. The number of ether oxygens (including phenoxy) is 1. The van der Waals surface area contributed by atoms with Crippen LogP contribution in [0.15, 0.2) is 77.7 Å². The van der Waals surface area contributed by atoms with Crippen LogP contribution in [0.1, 0.15) is 21.5 Å². The van der Waals surface area contributed by atoms with Crippen molar-refractivity contribution in [2.24, 2.45) is 0 Å². The number of rotatable bonds is 8. The van der Waals surface area contributed by atoms with E-state index in [1.54, 1.807) is 36.0 Å². The summed E-state index contributed by atoms with van der Waals surface area (Å²) < 4.78 is 17.9. The minimum atomic E-state index is -0.566. The summed E-state index contributed by atoms with van der Waals surface area (Å²) in [5.74, 6) is -0.580. The topological polar surface area (TPSA) is 55.4 Å². The average Bonchev–Trinajstić information content (AvgIpc) is 2.77. The average molecular weight is 444 g/mol. The van der Waals surface area contributed by atoms with Crippen LogP contribution in [0.2, 0.25) is 5.02 Å². The molecule has 1 amide bonds. The number of nitrogens with one attached hydrogen (secondary N) is 1. The largest absolute Gasteiger partial charge is 0.452 e. The molecule has 0 fully saturated rings. The number of carbonyl (C=O) groups is 2. The molecule has 4 nitrogen and oxygen atoms in total. The maximum absolute atomic E-state index is 12.9. The molecule has 0 aliphatic carbocycles. The third kappa shape index (κ3) is 6.90. The van der Waals surface area contributed by atoms with E-state index in [-0.39, 0.29) is 19.0 Å². The first-order valence-corrected chi connectivity index (χ1v) is 10.5. The van der Waals surface area contributed by atoms with Crippen LogP contribution in [0.25, 0.3) is 0 Å². The van der Waals surface area contributed by atoms with Crippen molar-refractivity contribution in [2.45, 2.75) is 17.2 Å². The molecule has 0 bridgehead atoms. The standard InChI is InChI=1S/C23H19ClFNO3S/c24-19-7-11-21(12-8-19)30-15-17-1-5-18(6-2-17)23(28)29-14-22(27)26-13-16-3-9-20(25)10-4-16/h1-12H,13-15H2,(H,26,27). The van der Waals surface area contributed by atoms with Crippen molar-refractivity contribution in [3.05, 3.63) is 100 Å². The number of hydrogen-bond acceptors (Lipinski definition) is 4. The fourth-order valence-corrected chi connectivity index (χ4v) is 3.48. The highest BCUT2D eigenvalue weighted by atomic mass is 35.5. The van der Waals surface area contributed by atoms with Crippen LogP contribution in [-0.4, -0.2) is 18.5 Å². The number of thioether (sulfide) groups is 1. The molecule has 3 aromatic rings. The SMILES string of the molecule is O=C(COC(=O)c1ccc(CSc2ccc(Cl)cc2)cc1)NCc1ccc(F)cc1. The maximum atomic E-state index is 12.9. The molecule has 1 N–H and O–H groups in total. The zero-order valence-corrected chi connectivity index (χ0v) is 17.5. The van der Waals surface area contributed by atoms with Crippen LogP contribution >= 0.6 is 23.4 Å². The molecule has 0 radical (unpaired) electrons. The zero-order chi connectivity index (χ0) is 21.3. The van der Waals surface area contributed by atoms with Gasteiger partial charge in [-0.25, -0.2) is 9.18 Å².